The minimum atomic E-state index is -4.26. The summed E-state index contributed by atoms with van der Waals surface area (Å²) in [6.07, 6.45) is 0. The van der Waals surface area contributed by atoms with Crippen molar-refractivity contribution in [3.05, 3.63) is 82.5 Å². The van der Waals surface area contributed by atoms with Crippen LogP contribution in [0.4, 0.5) is 5.69 Å². The van der Waals surface area contributed by atoms with Crippen LogP contribution in [0.3, 0.4) is 0 Å². The maximum atomic E-state index is 13.8. The number of aryl methyl sites for hydroxylation is 2. The first-order valence-electron chi connectivity index (χ1n) is 13.8. The van der Waals surface area contributed by atoms with Crippen LogP contribution in [0.25, 0.3) is 5.69 Å². The molecule has 230 valence electrons. The normalized spacial score (nSPS) is 12.4. The lowest BCUT2D eigenvalue weighted by molar-refractivity contribution is -0.118. The molecule has 0 saturated carbocycles. The fraction of sp³-hybridized carbons (Fsp3) is 0.258. The molecule has 0 radical (unpaired) electrons. The Bertz CT molecular complexity index is 1880. The molecule has 0 unspecified atom stereocenters. The van der Waals surface area contributed by atoms with Gasteiger partial charge in [-0.05, 0) is 73.9 Å². The van der Waals surface area contributed by atoms with Gasteiger partial charge in [0.2, 0.25) is 28.6 Å². The van der Waals surface area contributed by atoms with Crippen molar-refractivity contribution in [1.29, 1.82) is 0 Å². The number of carboxylic acid groups (broad SMARTS) is 1. The van der Waals surface area contributed by atoms with Crippen molar-refractivity contribution in [3.8, 4) is 28.8 Å². The van der Waals surface area contributed by atoms with Gasteiger partial charge in [0.1, 0.15) is 10.6 Å². The molecule has 5 rings (SSSR count). The van der Waals surface area contributed by atoms with Gasteiger partial charge in [0.05, 0.1) is 5.69 Å². The third-order valence-corrected chi connectivity index (χ3v) is 8.42. The lowest BCUT2D eigenvalue weighted by atomic mass is 10.1. The van der Waals surface area contributed by atoms with Crippen molar-refractivity contribution >= 4 is 27.6 Å². The molecule has 44 heavy (non-hydrogen) atoms. The Labute approximate surface area is 254 Å². The number of carbonyl (C=O) groups is 2. The average molecular weight is 621 g/mol. The Morgan fingerprint density at radius 2 is 1.77 bits per heavy atom. The third-order valence-electron chi connectivity index (χ3n) is 7.00. The predicted molar refractivity (Wildman–Crippen MR) is 161 cm³/mol. The summed E-state index contributed by atoms with van der Waals surface area (Å²) >= 11 is 0. The molecule has 0 fully saturated rings. The lowest BCUT2D eigenvalue weighted by Gasteiger charge is -2.17. The Morgan fingerprint density at radius 1 is 1.02 bits per heavy atom. The van der Waals surface area contributed by atoms with Crippen molar-refractivity contribution in [1.82, 2.24) is 14.5 Å². The lowest BCUT2D eigenvalue weighted by Crippen LogP contribution is -2.24. The molecule has 3 N–H and O–H groups in total. The molecule has 0 aliphatic carbocycles. The van der Waals surface area contributed by atoms with E-state index in [1.54, 1.807) is 32.0 Å². The number of benzene rings is 3. The Balaban J connectivity index is 1.57. The van der Waals surface area contributed by atoms with Crippen molar-refractivity contribution in [3.63, 3.8) is 0 Å². The number of hydrogen-bond donors (Lipinski definition) is 3. The van der Waals surface area contributed by atoms with Gasteiger partial charge in [-0.1, -0.05) is 32.0 Å². The van der Waals surface area contributed by atoms with Gasteiger partial charge in [-0.25, -0.2) is 17.9 Å². The topological polar surface area (TPSA) is 158 Å². The average Bonchev–Trinajstić information content (AvgIpc) is 3.58. The number of nitrogens with one attached hydrogen (secondary N) is 2. The van der Waals surface area contributed by atoms with Gasteiger partial charge < -0.3 is 24.6 Å². The van der Waals surface area contributed by atoms with Gasteiger partial charge >= 0.3 is 5.97 Å². The molecule has 3 aromatic carbocycles. The van der Waals surface area contributed by atoms with Crippen molar-refractivity contribution in [2.24, 2.45) is 5.92 Å². The van der Waals surface area contributed by atoms with Gasteiger partial charge in [0.25, 0.3) is 0 Å². The molecule has 2 heterocycles. The zero-order valence-electron chi connectivity index (χ0n) is 24.8. The number of hydrogen-bond acceptors (Lipinski definition) is 8. The highest BCUT2D eigenvalue weighted by molar-refractivity contribution is 7.89. The van der Waals surface area contributed by atoms with E-state index in [0.717, 1.165) is 11.1 Å². The first kappa shape index (κ1) is 30.6. The van der Waals surface area contributed by atoms with Crippen LogP contribution in [0, 0.1) is 26.7 Å². The van der Waals surface area contributed by atoms with Gasteiger partial charge in [0, 0.05) is 23.7 Å². The summed E-state index contributed by atoms with van der Waals surface area (Å²) in [6, 6.07) is 14.9. The van der Waals surface area contributed by atoms with Crippen molar-refractivity contribution in [2.45, 2.75) is 46.1 Å². The van der Waals surface area contributed by atoms with Crippen LogP contribution in [-0.2, 0) is 21.4 Å². The van der Waals surface area contributed by atoms with E-state index < -0.39 is 16.0 Å². The molecule has 0 spiro atoms. The summed E-state index contributed by atoms with van der Waals surface area (Å²) in [5, 5.41) is 16.8. The highest BCUT2D eigenvalue weighted by Crippen LogP contribution is 2.37. The second-order valence-electron chi connectivity index (χ2n) is 10.7. The van der Waals surface area contributed by atoms with Crippen LogP contribution in [0.15, 0.2) is 59.5 Å². The zero-order valence-corrected chi connectivity index (χ0v) is 25.6. The third kappa shape index (κ3) is 6.24. The first-order valence-corrected chi connectivity index (χ1v) is 15.2. The standard InChI is InChI=1S/C31H32N4O8S/c1-17(2)29(36)33-22-9-11-25(27(14-22)44(39,40)32-15-21-8-10-24-26(13-21)42-16-41-24)43-30-20(5)28(31(37)38)34-35(30)23-12-18(3)6-7-19(23)4/h6-14,17,32H,15-16H2,1-5H3,(H,33,36)(H,37,38). The molecule has 0 saturated heterocycles. The summed E-state index contributed by atoms with van der Waals surface area (Å²) < 4.78 is 48.5. The summed E-state index contributed by atoms with van der Waals surface area (Å²) in [4.78, 5) is 24.2. The number of carbonyl (C=O) groups excluding carboxylic acids is 1. The van der Waals surface area contributed by atoms with Crippen LogP contribution in [0.1, 0.15) is 46.6 Å². The number of aromatic carboxylic acids is 1. The summed E-state index contributed by atoms with van der Waals surface area (Å²) in [7, 11) is -4.26. The fourth-order valence-corrected chi connectivity index (χ4v) is 5.66. The molecule has 12 nitrogen and oxygen atoms in total. The van der Waals surface area contributed by atoms with E-state index in [0.29, 0.717) is 22.7 Å². The zero-order chi connectivity index (χ0) is 31.8. The Morgan fingerprint density at radius 3 is 2.50 bits per heavy atom. The van der Waals surface area contributed by atoms with Crippen molar-refractivity contribution in [2.75, 3.05) is 12.1 Å². The van der Waals surface area contributed by atoms with Gasteiger partial charge in [-0.15, -0.1) is 0 Å². The minimum Gasteiger partial charge on any atom is -0.476 e. The van der Waals surface area contributed by atoms with Gasteiger partial charge in [-0.2, -0.15) is 9.78 Å². The molecule has 1 amide bonds. The number of rotatable bonds is 10. The number of fused-ring (bicyclic) bond motifs is 1. The Kier molecular flexibility index (Phi) is 8.35. The minimum absolute atomic E-state index is 0.0299. The molecule has 1 aliphatic heterocycles. The van der Waals surface area contributed by atoms with Crippen LogP contribution in [-0.4, -0.2) is 42.0 Å². The Hall–Kier alpha value is -4.88. The van der Waals surface area contributed by atoms with E-state index in [1.165, 1.54) is 29.8 Å². The SMILES string of the molecule is Cc1ccc(C)c(-n2nc(C(=O)O)c(C)c2Oc2ccc(NC(=O)C(C)C)cc2S(=O)(=O)NCc2ccc3c(c2)OCO3)c1. The summed E-state index contributed by atoms with van der Waals surface area (Å²) in [5.74, 6) is -0.906. The van der Waals surface area contributed by atoms with E-state index in [9.17, 15) is 23.1 Å². The van der Waals surface area contributed by atoms with E-state index in [2.05, 4.69) is 15.1 Å². The highest BCUT2D eigenvalue weighted by atomic mass is 32.2. The second kappa shape index (κ2) is 12.0. The maximum absolute atomic E-state index is 13.8. The summed E-state index contributed by atoms with van der Waals surface area (Å²) in [6.45, 7) is 8.71. The van der Waals surface area contributed by atoms with E-state index in [1.807, 2.05) is 32.0 Å². The molecular weight excluding hydrogens is 588 g/mol. The number of anilines is 1. The molecule has 1 aliphatic rings. The number of nitrogens with zero attached hydrogens (tertiary/aromatic N) is 2. The molecule has 0 bridgehead atoms. The van der Waals surface area contributed by atoms with E-state index >= 15 is 0 Å². The van der Waals surface area contributed by atoms with Crippen LogP contribution in [0.2, 0.25) is 0 Å². The number of carboxylic acids is 1. The highest BCUT2D eigenvalue weighted by Gasteiger charge is 2.27. The monoisotopic (exact) mass is 620 g/mol. The molecule has 0 atom stereocenters. The molecule has 4 aromatic rings. The smallest absolute Gasteiger partial charge is 0.356 e. The fourth-order valence-electron chi connectivity index (χ4n) is 4.49. The number of sulfonamides is 1. The molecule has 13 heteroatoms. The van der Waals surface area contributed by atoms with Gasteiger partial charge in [0.15, 0.2) is 17.2 Å². The molecule has 1 aromatic heterocycles. The van der Waals surface area contributed by atoms with Crippen LogP contribution >= 0.6 is 0 Å². The van der Waals surface area contributed by atoms with Crippen molar-refractivity contribution < 1.29 is 37.3 Å². The molecular formula is C31H32N4O8S. The maximum Gasteiger partial charge on any atom is 0.356 e. The van der Waals surface area contributed by atoms with Gasteiger partial charge in [-0.3, -0.25) is 4.79 Å². The van der Waals surface area contributed by atoms with E-state index in [4.69, 9.17) is 14.2 Å². The van der Waals surface area contributed by atoms with Crippen LogP contribution < -0.4 is 24.2 Å². The number of amides is 1. The largest absolute Gasteiger partial charge is 0.476 e. The number of aromatic nitrogens is 2. The first-order chi connectivity index (χ1) is 20.8. The second-order valence-corrected chi connectivity index (χ2v) is 12.4. The quantitative estimate of drug-likeness (QED) is 0.220. The predicted octanol–water partition coefficient (Wildman–Crippen LogP) is 5.09. The summed E-state index contributed by atoms with van der Waals surface area (Å²) in [5.41, 5.74) is 3.10. The number of ether oxygens (including phenoxy) is 3. The van der Waals surface area contributed by atoms with Crippen LogP contribution in [0.5, 0.6) is 23.1 Å². The van der Waals surface area contributed by atoms with E-state index in [-0.39, 0.29) is 58.6 Å².